The summed E-state index contributed by atoms with van der Waals surface area (Å²) in [5.41, 5.74) is 3.03. The number of hydrogen-bond donors (Lipinski definition) is 2. The molecule has 3 heteroatoms. The second kappa shape index (κ2) is 3.53. The van der Waals surface area contributed by atoms with Crippen molar-refractivity contribution in [3.05, 3.63) is 64.2 Å². The fraction of sp³-hybridized carbons (Fsp3) is 0.0667. The molecule has 0 bridgehead atoms. The van der Waals surface area contributed by atoms with Crippen molar-refractivity contribution in [2.75, 3.05) is 0 Å². The van der Waals surface area contributed by atoms with Crippen LogP contribution in [-0.2, 0) is 0 Å². The summed E-state index contributed by atoms with van der Waals surface area (Å²) in [6.07, 6.45) is 0. The quantitative estimate of drug-likeness (QED) is 0.631. The van der Waals surface area contributed by atoms with Crippen LogP contribution in [0.2, 0.25) is 0 Å². The van der Waals surface area contributed by atoms with Gasteiger partial charge in [-0.1, -0.05) is 30.3 Å². The van der Waals surface area contributed by atoms with E-state index in [0.717, 1.165) is 5.56 Å². The lowest BCUT2D eigenvalue weighted by atomic mass is 9.81. The van der Waals surface area contributed by atoms with E-state index in [9.17, 15) is 9.90 Å². The minimum absolute atomic E-state index is 0.0557. The van der Waals surface area contributed by atoms with Gasteiger partial charge >= 0.3 is 0 Å². The zero-order valence-corrected chi connectivity index (χ0v) is 9.82. The van der Waals surface area contributed by atoms with Crippen LogP contribution in [0.25, 0.3) is 0 Å². The summed E-state index contributed by atoms with van der Waals surface area (Å²) in [7, 11) is 0. The van der Waals surface area contributed by atoms with E-state index in [4.69, 9.17) is 5.41 Å². The molecule has 0 aliphatic heterocycles. The van der Waals surface area contributed by atoms with E-state index >= 15 is 0 Å². The van der Waals surface area contributed by atoms with Gasteiger partial charge in [-0.15, -0.1) is 0 Å². The Balaban J connectivity index is 2.41. The van der Waals surface area contributed by atoms with Gasteiger partial charge in [0.1, 0.15) is 5.75 Å². The molecule has 1 aliphatic carbocycles. The van der Waals surface area contributed by atoms with Crippen LogP contribution in [0.5, 0.6) is 5.75 Å². The number of fused-ring (bicyclic) bond motifs is 2. The summed E-state index contributed by atoms with van der Waals surface area (Å²) in [5.74, 6) is -0.266. The van der Waals surface area contributed by atoms with Gasteiger partial charge in [-0.05, 0) is 18.6 Å². The minimum Gasteiger partial charge on any atom is -0.507 e. The number of ketones is 1. The van der Waals surface area contributed by atoms with Crippen LogP contribution in [0.15, 0.2) is 36.4 Å². The molecule has 3 rings (SSSR count). The van der Waals surface area contributed by atoms with Crippen LogP contribution in [0.4, 0.5) is 0 Å². The number of rotatable bonds is 0. The summed E-state index contributed by atoms with van der Waals surface area (Å²) in [5, 5.41) is 18.1. The van der Waals surface area contributed by atoms with E-state index in [1.165, 1.54) is 6.07 Å². The van der Waals surface area contributed by atoms with Crippen LogP contribution in [0, 0.1) is 12.3 Å². The molecule has 0 saturated carbocycles. The predicted molar refractivity (Wildman–Crippen MR) is 68.6 cm³/mol. The number of aryl methyl sites for hydroxylation is 1. The number of nitrogens with one attached hydrogen (secondary N) is 1. The Morgan fingerprint density at radius 3 is 2.39 bits per heavy atom. The SMILES string of the molecule is Cc1ccc(O)c2c1C(=N)c1ccccc1C2=O. The number of hydrogen-bond acceptors (Lipinski definition) is 3. The average Bonchev–Trinajstić information content (AvgIpc) is 2.38. The van der Waals surface area contributed by atoms with Gasteiger partial charge in [0.15, 0.2) is 5.78 Å². The maximum atomic E-state index is 12.4. The van der Waals surface area contributed by atoms with Crippen molar-refractivity contribution in [1.29, 1.82) is 5.41 Å². The van der Waals surface area contributed by atoms with E-state index in [1.54, 1.807) is 24.3 Å². The molecule has 0 spiro atoms. The van der Waals surface area contributed by atoms with Crippen molar-refractivity contribution in [3.63, 3.8) is 0 Å². The molecule has 0 saturated heterocycles. The minimum atomic E-state index is -0.210. The molecule has 0 amide bonds. The third-order valence-corrected chi connectivity index (χ3v) is 3.31. The first-order valence-electron chi connectivity index (χ1n) is 5.67. The molecule has 88 valence electrons. The Morgan fingerprint density at radius 2 is 1.67 bits per heavy atom. The number of phenolic OH excluding ortho intramolecular Hbond substituents is 1. The van der Waals surface area contributed by atoms with E-state index in [0.29, 0.717) is 22.4 Å². The van der Waals surface area contributed by atoms with Crippen molar-refractivity contribution in [3.8, 4) is 5.75 Å². The summed E-state index contributed by atoms with van der Waals surface area (Å²) in [6.45, 7) is 1.84. The Kier molecular flexibility index (Phi) is 2.10. The van der Waals surface area contributed by atoms with Gasteiger partial charge < -0.3 is 5.11 Å². The second-order valence-electron chi connectivity index (χ2n) is 4.40. The lowest BCUT2D eigenvalue weighted by Crippen LogP contribution is -2.22. The molecular weight excluding hydrogens is 226 g/mol. The van der Waals surface area contributed by atoms with Crippen LogP contribution in [0.1, 0.15) is 32.6 Å². The van der Waals surface area contributed by atoms with Gasteiger partial charge in [0, 0.05) is 16.7 Å². The van der Waals surface area contributed by atoms with Crippen LogP contribution >= 0.6 is 0 Å². The number of aromatic hydroxyl groups is 1. The first kappa shape index (κ1) is 10.7. The summed E-state index contributed by atoms with van der Waals surface area (Å²) < 4.78 is 0. The largest absolute Gasteiger partial charge is 0.507 e. The first-order valence-corrected chi connectivity index (χ1v) is 5.67. The van der Waals surface area contributed by atoms with Crippen molar-refractivity contribution in [2.45, 2.75) is 6.92 Å². The highest BCUT2D eigenvalue weighted by molar-refractivity contribution is 6.30. The fourth-order valence-corrected chi connectivity index (χ4v) is 2.42. The maximum absolute atomic E-state index is 12.4. The maximum Gasteiger partial charge on any atom is 0.198 e. The smallest absolute Gasteiger partial charge is 0.198 e. The van der Waals surface area contributed by atoms with Gasteiger partial charge in [0.05, 0.1) is 11.3 Å². The summed E-state index contributed by atoms with van der Waals surface area (Å²) in [4.78, 5) is 12.4. The molecule has 0 fully saturated rings. The molecule has 0 radical (unpaired) electrons. The standard InChI is InChI=1S/C15H11NO2/c1-8-6-7-11(17)13-12(8)14(16)9-4-2-3-5-10(9)15(13)18/h2-7,16-17H,1H3. The highest BCUT2D eigenvalue weighted by Crippen LogP contribution is 2.34. The predicted octanol–water partition coefficient (Wildman–Crippen LogP) is 2.66. The molecule has 2 aromatic carbocycles. The number of carbonyl (C=O) groups excluding carboxylic acids is 1. The Bertz CT molecular complexity index is 642. The van der Waals surface area contributed by atoms with Gasteiger partial charge in [-0.25, -0.2) is 0 Å². The fourth-order valence-electron chi connectivity index (χ4n) is 2.42. The van der Waals surface area contributed by atoms with Crippen LogP contribution in [-0.4, -0.2) is 16.6 Å². The normalized spacial score (nSPS) is 13.2. The van der Waals surface area contributed by atoms with E-state index in [1.807, 2.05) is 13.0 Å². The van der Waals surface area contributed by atoms with E-state index < -0.39 is 0 Å². The second-order valence-corrected chi connectivity index (χ2v) is 4.40. The molecule has 0 atom stereocenters. The highest BCUT2D eigenvalue weighted by Gasteiger charge is 2.30. The summed E-state index contributed by atoms with van der Waals surface area (Å²) >= 11 is 0. The Morgan fingerprint density at radius 1 is 1.00 bits per heavy atom. The zero-order chi connectivity index (χ0) is 12.9. The van der Waals surface area contributed by atoms with Crippen molar-refractivity contribution < 1.29 is 9.90 Å². The molecule has 1 aliphatic rings. The van der Waals surface area contributed by atoms with Gasteiger partial charge in [-0.3, -0.25) is 10.2 Å². The third kappa shape index (κ3) is 1.24. The van der Waals surface area contributed by atoms with Crippen molar-refractivity contribution in [2.24, 2.45) is 0 Å². The Labute approximate surface area is 104 Å². The monoisotopic (exact) mass is 237 g/mol. The van der Waals surface area contributed by atoms with Gasteiger partial charge in [-0.2, -0.15) is 0 Å². The lowest BCUT2D eigenvalue weighted by molar-refractivity contribution is 0.103. The zero-order valence-electron chi connectivity index (χ0n) is 9.82. The molecule has 0 aromatic heterocycles. The molecule has 2 aromatic rings. The Hall–Kier alpha value is -2.42. The van der Waals surface area contributed by atoms with Crippen LogP contribution < -0.4 is 0 Å². The number of phenols is 1. The molecular formula is C15H11NO2. The molecule has 18 heavy (non-hydrogen) atoms. The average molecular weight is 237 g/mol. The third-order valence-electron chi connectivity index (χ3n) is 3.31. The van der Waals surface area contributed by atoms with E-state index in [-0.39, 0.29) is 17.1 Å². The number of benzene rings is 2. The highest BCUT2D eigenvalue weighted by atomic mass is 16.3. The van der Waals surface area contributed by atoms with Crippen molar-refractivity contribution >= 4 is 11.5 Å². The van der Waals surface area contributed by atoms with Gasteiger partial charge in [0.2, 0.25) is 0 Å². The lowest BCUT2D eigenvalue weighted by Gasteiger charge is -2.21. The molecule has 0 heterocycles. The topological polar surface area (TPSA) is 61.1 Å². The first-order chi connectivity index (χ1) is 8.61. The van der Waals surface area contributed by atoms with E-state index in [2.05, 4.69) is 0 Å². The van der Waals surface area contributed by atoms with Crippen molar-refractivity contribution in [1.82, 2.24) is 0 Å². The van der Waals surface area contributed by atoms with Crippen LogP contribution in [0.3, 0.4) is 0 Å². The molecule has 0 unspecified atom stereocenters. The summed E-state index contributed by atoms with van der Waals surface area (Å²) in [6, 6.07) is 10.3. The number of carbonyl (C=O) groups is 1. The molecule has 2 N–H and O–H groups in total. The van der Waals surface area contributed by atoms with Gasteiger partial charge in [0.25, 0.3) is 0 Å². The molecule has 3 nitrogen and oxygen atoms in total.